The first kappa shape index (κ1) is 44.8. The first-order valence-corrected chi connectivity index (χ1v) is 20.6. The van der Waals surface area contributed by atoms with Gasteiger partial charge in [-0.15, -0.1) is 0 Å². The molecule has 4 aliphatic rings. The van der Waals surface area contributed by atoms with Crippen LogP contribution in [0.25, 0.3) is 0 Å². The summed E-state index contributed by atoms with van der Waals surface area (Å²) in [6.45, 7) is 4.24. The van der Waals surface area contributed by atoms with Gasteiger partial charge in [0.1, 0.15) is 12.3 Å². The summed E-state index contributed by atoms with van der Waals surface area (Å²) in [5.41, 5.74) is 7.73. The van der Waals surface area contributed by atoms with Crippen molar-refractivity contribution in [2.45, 2.75) is 76.0 Å². The molecule has 0 saturated carbocycles. The molecule has 3 heterocycles. The lowest BCUT2D eigenvalue weighted by Crippen LogP contribution is -2.59. The Morgan fingerprint density at radius 1 is 1.14 bits per heavy atom. The predicted molar refractivity (Wildman–Crippen MR) is 208 cm³/mol. The van der Waals surface area contributed by atoms with E-state index in [0.717, 1.165) is 51.2 Å². The van der Waals surface area contributed by atoms with Crippen molar-refractivity contribution in [2.75, 3.05) is 51.9 Å². The van der Waals surface area contributed by atoms with Crippen molar-refractivity contribution in [3.63, 3.8) is 0 Å². The van der Waals surface area contributed by atoms with Crippen LogP contribution in [0.5, 0.6) is 0 Å². The molecular formula is C38H56F2N10O5S. The lowest BCUT2D eigenvalue weighted by Gasteiger charge is -2.38. The molecule has 15 nitrogen and oxygen atoms in total. The number of anilines is 1. The third-order valence-corrected chi connectivity index (χ3v) is 12.8. The van der Waals surface area contributed by atoms with Crippen LogP contribution in [-0.4, -0.2) is 121 Å². The van der Waals surface area contributed by atoms with Gasteiger partial charge in [-0.05, 0) is 81.0 Å². The minimum absolute atomic E-state index is 0.0256. The van der Waals surface area contributed by atoms with Gasteiger partial charge in [0.15, 0.2) is 12.7 Å². The largest absolute Gasteiger partial charge is 0.366 e. The van der Waals surface area contributed by atoms with Gasteiger partial charge in [0.05, 0.1) is 35.3 Å². The second kappa shape index (κ2) is 21.5. The van der Waals surface area contributed by atoms with Crippen LogP contribution in [0.1, 0.15) is 51.9 Å². The first-order chi connectivity index (χ1) is 26.8. The van der Waals surface area contributed by atoms with E-state index in [4.69, 9.17) is 16.7 Å². The fourth-order valence-electron chi connectivity index (χ4n) is 7.93. The van der Waals surface area contributed by atoms with Gasteiger partial charge in [-0.25, -0.2) is 32.2 Å². The maximum Gasteiger partial charge on any atom is 0.242 e. The number of hydrogen-bond acceptors (Lipinski definition) is 13. The third-order valence-electron chi connectivity index (χ3n) is 10.9. The molecule has 7 N–H and O–H groups in total. The summed E-state index contributed by atoms with van der Waals surface area (Å²) in [5.74, 6) is 5.90. The molecule has 56 heavy (non-hydrogen) atoms. The van der Waals surface area contributed by atoms with Crippen LogP contribution in [0.15, 0.2) is 59.3 Å². The van der Waals surface area contributed by atoms with E-state index in [-0.39, 0.29) is 41.2 Å². The summed E-state index contributed by atoms with van der Waals surface area (Å²) in [7, 11) is -2.19. The van der Waals surface area contributed by atoms with Crippen molar-refractivity contribution in [1.82, 2.24) is 29.5 Å². The highest BCUT2D eigenvalue weighted by atomic mass is 32.2. The molecule has 1 aromatic heterocycles. The molecule has 308 valence electrons. The number of halogens is 2. The van der Waals surface area contributed by atoms with Crippen LogP contribution < -0.4 is 22.2 Å². The lowest BCUT2D eigenvalue weighted by atomic mass is 9.82. The van der Waals surface area contributed by atoms with Crippen molar-refractivity contribution >= 4 is 28.2 Å². The number of nitrogens with zero attached hydrogens (tertiary/aromatic N) is 6. The van der Waals surface area contributed by atoms with Gasteiger partial charge < -0.3 is 31.2 Å². The van der Waals surface area contributed by atoms with Crippen LogP contribution in [0.3, 0.4) is 0 Å². The zero-order valence-electron chi connectivity index (χ0n) is 32.1. The fraction of sp³-hybridized carbons (Fsp3) is 0.605. The molecule has 0 bridgehead atoms. The molecule has 1 amide bonds. The number of piperidine rings is 2. The number of alkyl halides is 1. The van der Waals surface area contributed by atoms with Gasteiger partial charge in [-0.3, -0.25) is 10.6 Å². The monoisotopic (exact) mass is 802 g/mol. The zero-order valence-corrected chi connectivity index (χ0v) is 32.9. The number of aliphatic hydroxyl groups is 1. The fourth-order valence-corrected chi connectivity index (χ4v) is 9.51. The van der Waals surface area contributed by atoms with Crippen LogP contribution >= 0.6 is 0 Å². The Labute approximate surface area is 328 Å². The molecule has 2 aliphatic carbocycles. The first-order valence-electron chi connectivity index (χ1n) is 19.1. The van der Waals surface area contributed by atoms with Crippen molar-refractivity contribution in [2.24, 2.45) is 35.2 Å². The minimum atomic E-state index is -3.74. The number of likely N-dealkylation sites (N-methyl/N-ethyl adjacent to an activating group) is 1. The Balaban J connectivity index is 0.00000225. The van der Waals surface area contributed by atoms with E-state index in [1.165, 1.54) is 14.9 Å². The molecule has 18 heteroatoms. The number of amides is 1. The lowest BCUT2D eigenvalue weighted by molar-refractivity contribution is -0.127. The average molecular weight is 803 g/mol. The highest BCUT2D eigenvalue weighted by Gasteiger charge is 2.35. The Morgan fingerprint density at radius 3 is 2.39 bits per heavy atom. The Bertz CT molecular complexity index is 1720. The summed E-state index contributed by atoms with van der Waals surface area (Å²) in [6, 6.07) is 0.906. The van der Waals surface area contributed by atoms with Crippen molar-refractivity contribution < 1.29 is 31.9 Å². The quantitative estimate of drug-likeness (QED) is 0.0976. The van der Waals surface area contributed by atoms with Gasteiger partial charge >= 0.3 is 0 Å². The zero-order chi connectivity index (χ0) is 40.8. The van der Waals surface area contributed by atoms with Crippen molar-refractivity contribution in [3.05, 3.63) is 65.1 Å². The average Bonchev–Trinajstić information content (AvgIpc) is 3.19. The standard InChI is InChI=1S/C37H53FN10O4S.CH3FO/c1-25(24-46-13-9-26(10-14-46)27-6-8-34(33(40)20-27)48(41)35(4-3-17-49)36(50)42-2)18-29-19-32(7-5-28(29)21-39)53(51,52)47-15-11-31(12-16-47)45-37-43-22-30(38)23-44-37;2-1-3/h5-8,17,19-20,22-23,25-26,28-29,31,33-35H,3-4,9-16,18,24,40-41H2,1-2H3,(H,42,50)(H,43,44,45);3H,1H2. The molecule has 2 fully saturated rings. The van der Waals surface area contributed by atoms with Gasteiger partial charge in [-0.1, -0.05) is 37.3 Å². The van der Waals surface area contributed by atoms with E-state index >= 15 is 0 Å². The predicted octanol–water partition coefficient (Wildman–Crippen LogP) is 2.14. The highest BCUT2D eigenvalue weighted by Crippen LogP contribution is 2.34. The molecule has 2 aliphatic heterocycles. The SMILES string of the molecule is CNC(=O)C(CCC=O)N(N)C1C=CC(C2CCN(CC(C)CC3C=C(S(=O)(=O)N4CCC(Nc5ncc(F)cn5)CC4)C=CC3C#N)CC2)=CC1N.OCF. The number of aliphatic hydroxyl groups excluding tert-OH is 1. The van der Waals surface area contributed by atoms with Crippen LogP contribution in [0, 0.1) is 40.8 Å². The number of carbonyl (C=O) groups excluding carboxylic acids is 2. The topological polar surface area (TPSA) is 224 Å². The molecule has 0 radical (unpaired) electrons. The summed E-state index contributed by atoms with van der Waals surface area (Å²) in [6.07, 6.45) is 18.4. The molecule has 2 saturated heterocycles. The number of nitrogens with one attached hydrogen (secondary N) is 2. The maximum atomic E-state index is 13.7. The number of hydrogen-bond donors (Lipinski definition) is 5. The van der Waals surface area contributed by atoms with Gasteiger partial charge in [-0.2, -0.15) is 9.57 Å². The minimum Gasteiger partial charge on any atom is -0.366 e. The summed E-state index contributed by atoms with van der Waals surface area (Å²) < 4.78 is 51.9. The number of aldehydes is 1. The van der Waals surface area contributed by atoms with Crippen molar-refractivity contribution in [3.8, 4) is 6.07 Å². The molecule has 0 spiro atoms. The van der Waals surface area contributed by atoms with E-state index in [9.17, 15) is 32.0 Å². The number of hydrazine groups is 1. The van der Waals surface area contributed by atoms with Gasteiger partial charge in [0, 0.05) is 45.2 Å². The van der Waals surface area contributed by atoms with Crippen LogP contribution in [0.2, 0.25) is 0 Å². The molecule has 0 aromatic carbocycles. The second-order valence-corrected chi connectivity index (χ2v) is 16.7. The van der Waals surface area contributed by atoms with Gasteiger partial charge in [0.2, 0.25) is 21.9 Å². The number of likely N-dealkylation sites (tertiary alicyclic amines) is 1. The summed E-state index contributed by atoms with van der Waals surface area (Å²) in [4.78, 5) is 34.0. The van der Waals surface area contributed by atoms with E-state index in [2.05, 4.69) is 44.6 Å². The number of nitrogens with two attached hydrogens (primary N) is 2. The number of rotatable bonds is 15. The normalized spacial score (nSPS) is 24.9. The molecule has 6 unspecified atom stereocenters. The Hall–Kier alpha value is -3.96. The van der Waals surface area contributed by atoms with Crippen LogP contribution in [0.4, 0.5) is 14.7 Å². The maximum absolute atomic E-state index is 13.7. The number of sulfonamides is 1. The van der Waals surface area contributed by atoms with Crippen molar-refractivity contribution in [1.29, 1.82) is 5.26 Å². The molecular weight excluding hydrogens is 747 g/mol. The molecule has 6 atom stereocenters. The number of allylic oxidation sites excluding steroid dienone is 5. The summed E-state index contributed by atoms with van der Waals surface area (Å²) >= 11 is 0. The highest BCUT2D eigenvalue weighted by molar-refractivity contribution is 7.93. The summed E-state index contributed by atoms with van der Waals surface area (Å²) in [5, 5.41) is 24.1. The van der Waals surface area contributed by atoms with E-state index < -0.39 is 40.7 Å². The Morgan fingerprint density at radius 2 is 1.80 bits per heavy atom. The number of carbonyl (C=O) groups is 2. The third kappa shape index (κ3) is 12.0. The smallest absolute Gasteiger partial charge is 0.242 e. The van der Waals surface area contributed by atoms with E-state index in [1.807, 2.05) is 12.2 Å². The van der Waals surface area contributed by atoms with Gasteiger partial charge in [0.25, 0.3) is 0 Å². The molecule has 1 aromatic rings. The van der Waals surface area contributed by atoms with Crippen LogP contribution in [-0.2, 0) is 19.6 Å². The van der Waals surface area contributed by atoms with E-state index in [1.54, 1.807) is 25.3 Å². The molecule has 5 rings (SSSR count). The number of aromatic nitrogens is 2. The Kier molecular flexibility index (Phi) is 17.2. The van der Waals surface area contributed by atoms with E-state index in [0.29, 0.717) is 50.6 Å². The second-order valence-electron chi connectivity index (χ2n) is 14.7. The number of nitriles is 1.